The molecule has 0 atom stereocenters. The topological polar surface area (TPSA) is 22.1 Å². The van der Waals surface area contributed by atoms with Gasteiger partial charge in [0.1, 0.15) is 10.8 Å². The van der Waals surface area contributed by atoms with Gasteiger partial charge in [0.05, 0.1) is 17.3 Å². The first-order valence-corrected chi connectivity index (χ1v) is 9.33. The Bertz CT molecular complexity index is 1060. The van der Waals surface area contributed by atoms with Crippen molar-refractivity contribution in [1.29, 1.82) is 0 Å². The van der Waals surface area contributed by atoms with Crippen LogP contribution in [0.5, 0.6) is 5.75 Å². The molecular formula is C23H19NOS. The maximum absolute atomic E-state index is 5.29. The van der Waals surface area contributed by atoms with Crippen LogP contribution in [0.2, 0.25) is 0 Å². The molecule has 0 aliphatic heterocycles. The van der Waals surface area contributed by atoms with Crippen LogP contribution in [0.1, 0.15) is 16.7 Å². The van der Waals surface area contributed by atoms with Crippen LogP contribution in [0.4, 0.5) is 0 Å². The van der Waals surface area contributed by atoms with Gasteiger partial charge in [-0.2, -0.15) is 0 Å². The summed E-state index contributed by atoms with van der Waals surface area (Å²) in [5.74, 6) is 0.865. The molecule has 0 bridgehead atoms. The molecule has 26 heavy (non-hydrogen) atoms. The summed E-state index contributed by atoms with van der Waals surface area (Å²) in [6.07, 6.45) is 4.27. The number of ether oxygens (including phenoxy) is 1. The normalized spacial score (nSPS) is 11.3. The number of aryl methyl sites for hydroxylation is 1. The third kappa shape index (κ3) is 3.53. The quantitative estimate of drug-likeness (QED) is 0.392. The first-order valence-electron chi connectivity index (χ1n) is 8.51. The number of benzene rings is 3. The van der Waals surface area contributed by atoms with E-state index in [4.69, 9.17) is 9.72 Å². The Morgan fingerprint density at radius 3 is 2.15 bits per heavy atom. The second-order valence-corrected chi connectivity index (χ2v) is 7.25. The molecule has 0 aliphatic rings. The Balaban J connectivity index is 1.56. The van der Waals surface area contributed by atoms with Gasteiger partial charge in [-0.25, -0.2) is 4.98 Å². The van der Waals surface area contributed by atoms with Gasteiger partial charge in [0.15, 0.2) is 0 Å². The maximum atomic E-state index is 5.29. The number of thiazole rings is 1. The molecule has 0 fully saturated rings. The largest absolute Gasteiger partial charge is 0.497 e. The van der Waals surface area contributed by atoms with E-state index in [0.29, 0.717) is 0 Å². The van der Waals surface area contributed by atoms with Crippen LogP contribution in [0.3, 0.4) is 0 Å². The molecule has 1 heterocycles. The van der Waals surface area contributed by atoms with Crippen molar-refractivity contribution >= 4 is 33.7 Å². The summed E-state index contributed by atoms with van der Waals surface area (Å²) in [6.45, 7) is 2.10. The third-order valence-electron chi connectivity index (χ3n) is 4.30. The smallest absolute Gasteiger partial charge is 0.124 e. The van der Waals surface area contributed by atoms with E-state index in [1.165, 1.54) is 16.7 Å². The molecule has 0 spiro atoms. The van der Waals surface area contributed by atoms with Crippen LogP contribution in [-0.4, -0.2) is 12.1 Å². The monoisotopic (exact) mass is 357 g/mol. The molecule has 0 unspecified atom stereocenters. The predicted octanol–water partition coefficient (Wildman–Crippen LogP) is 6.45. The van der Waals surface area contributed by atoms with Gasteiger partial charge < -0.3 is 4.74 Å². The highest BCUT2D eigenvalue weighted by molar-refractivity contribution is 7.21. The van der Waals surface area contributed by atoms with E-state index >= 15 is 0 Å². The third-order valence-corrected chi connectivity index (χ3v) is 5.37. The van der Waals surface area contributed by atoms with Crippen molar-refractivity contribution in [3.05, 3.63) is 83.4 Å². The summed E-state index contributed by atoms with van der Waals surface area (Å²) < 4.78 is 6.44. The van der Waals surface area contributed by atoms with Crippen molar-refractivity contribution in [1.82, 2.24) is 4.98 Å². The molecule has 3 aromatic carbocycles. The number of methoxy groups -OCH3 is 1. The van der Waals surface area contributed by atoms with E-state index in [0.717, 1.165) is 26.5 Å². The number of hydrogen-bond donors (Lipinski definition) is 0. The lowest BCUT2D eigenvalue weighted by Gasteiger charge is -1.98. The fourth-order valence-corrected chi connectivity index (χ4v) is 3.76. The predicted molar refractivity (Wildman–Crippen MR) is 112 cm³/mol. The summed E-state index contributed by atoms with van der Waals surface area (Å²) in [5.41, 5.74) is 5.81. The van der Waals surface area contributed by atoms with E-state index in [1.54, 1.807) is 18.4 Å². The molecule has 2 nitrogen and oxygen atoms in total. The van der Waals surface area contributed by atoms with Gasteiger partial charge >= 0.3 is 0 Å². The zero-order chi connectivity index (χ0) is 17.9. The van der Waals surface area contributed by atoms with Gasteiger partial charge in [0, 0.05) is 5.56 Å². The van der Waals surface area contributed by atoms with E-state index in [2.05, 4.69) is 67.6 Å². The van der Waals surface area contributed by atoms with Crippen LogP contribution in [0.15, 0.2) is 66.7 Å². The highest BCUT2D eigenvalue weighted by atomic mass is 32.1. The summed E-state index contributed by atoms with van der Waals surface area (Å²) in [7, 11) is 1.69. The lowest BCUT2D eigenvalue weighted by atomic mass is 10.1. The molecule has 4 rings (SSSR count). The number of aromatic nitrogens is 1. The molecule has 0 radical (unpaired) electrons. The number of nitrogens with zero attached hydrogens (tertiary/aromatic N) is 1. The Hall–Kier alpha value is -2.91. The maximum Gasteiger partial charge on any atom is 0.124 e. The standard InChI is InChI=1S/C23H19NOS/c1-16-3-5-17(6-4-16)7-8-18-9-11-19(12-10-18)23-24-21-14-13-20(25-2)15-22(21)26-23/h3-15H,1-2H3/b8-7+. The van der Waals surface area contributed by atoms with Crippen molar-refractivity contribution in [3.63, 3.8) is 0 Å². The second-order valence-electron chi connectivity index (χ2n) is 6.22. The molecule has 0 saturated carbocycles. The van der Waals surface area contributed by atoms with Crippen molar-refractivity contribution < 1.29 is 4.74 Å². The first-order chi connectivity index (χ1) is 12.7. The van der Waals surface area contributed by atoms with E-state index in [9.17, 15) is 0 Å². The highest BCUT2D eigenvalue weighted by Gasteiger charge is 2.07. The molecule has 4 aromatic rings. The van der Waals surface area contributed by atoms with Crippen LogP contribution in [0, 0.1) is 6.92 Å². The van der Waals surface area contributed by atoms with Crippen LogP contribution in [-0.2, 0) is 0 Å². The van der Waals surface area contributed by atoms with Crippen LogP contribution in [0.25, 0.3) is 32.9 Å². The molecule has 1 aromatic heterocycles. The average Bonchev–Trinajstić information content (AvgIpc) is 3.11. The van der Waals surface area contributed by atoms with Crippen molar-refractivity contribution in [3.8, 4) is 16.3 Å². The van der Waals surface area contributed by atoms with Gasteiger partial charge in [0.25, 0.3) is 0 Å². The zero-order valence-corrected chi connectivity index (χ0v) is 15.6. The van der Waals surface area contributed by atoms with E-state index in [-0.39, 0.29) is 0 Å². The fraction of sp³-hybridized carbons (Fsp3) is 0.0870. The molecule has 0 amide bonds. The van der Waals surface area contributed by atoms with Crippen molar-refractivity contribution in [2.45, 2.75) is 6.92 Å². The molecule has 3 heteroatoms. The summed E-state index contributed by atoms with van der Waals surface area (Å²) in [5, 5.41) is 1.03. The molecule has 128 valence electrons. The van der Waals surface area contributed by atoms with Gasteiger partial charge in [0.2, 0.25) is 0 Å². The van der Waals surface area contributed by atoms with Crippen LogP contribution >= 0.6 is 11.3 Å². The molecule has 0 saturated heterocycles. The molecule has 0 aliphatic carbocycles. The Kier molecular flexibility index (Phi) is 4.55. The number of fused-ring (bicyclic) bond motifs is 1. The van der Waals surface area contributed by atoms with Gasteiger partial charge in [-0.15, -0.1) is 11.3 Å². The van der Waals surface area contributed by atoms with Gasteiger partial charge in [-0.1, -0.05) is 66.2 Å². The van der Waals surface area contributed by atoms with Crippen LogP contribution < -0.4 is 4.74 Å². The minimum atomic E-state index is 0.865. The van der Waals surface area contributed by atoms with E-state index in [1.807, 2.05) is 18.2 Å². The molecule has 0 N–H and O–H groups in total. The molecular weight excluding hydrogens is 338 g/mol. The van der Waals surface area contributed by atoms with Gasteiger partial charge in [-0.05, 0) is 36.2 Å². The Morgan fingerprint density at radius 2 is 1.50 bits per heavy atom. The van der Waals surface area contributed by atoms with Crippen molar-refractivity contribution in [2.75, 3.05) is 7.11 Å². The Morgan fingerprint density at radius 1 is 0.846 bits per heavy atom. The fourth-order valence-electron chi connectivity index (χ4n) is 2.76. The first kappa shape index (κ1) is 16.6. The average molecular weight is 357 g/mol. The SMILES string of the molecule is COc1ccc2nc(-c3ccc(/C=C/c4ccc(C)cc4)cc3)sc2c1. The van der Waals surface area contributed by atoms with Crippen molar-refractivity contribution in [2.24, 2.45) is 0 Å². The highest BCUT2D eigenvalue weighted by Crippen LogP contribution is 2.32. The lowest BCUT2D eigenvalue weighted by molar-refractivity contribution is 0.415. The lowest BCUT2D eigenvalue weighted by Crippen LogP contribution is -1.80. The minimum absolute atomic E-state index is 0.865. The summed E-state index contributed by atoms with van der Waals surface area (Å²) in [6, 6.07) is 23.0. The van der Waals surface area contributed by atoms with E-state index < -0.39 is 0 Å². The number of hydrogen-bond acceptors (Lipinski definition) is 3. The Labute approximate surface area is 157 Å². The minimum Gasteiger partial charge on any atom is -0.497 e. The van der Waals surface area contributed by atoms with Gasteiger partial charge in [-0.3, -0.25) is 0 Å². The summed E-state index contributed by atoms with van der Waals surface area (Å²) >= 11 is 1.69. The zero-order valence-electron chi connectivity index (χ0n) is 14.8. The second kappa shape index (κ2) is 7.14. The number of rotatable bonds is 4. The summed E-state index contributed by atoms with van der Waals surface area (Å²) in [4.78, 5) is 4.73.